The van der Waals surface area contributed by atoms with Crippen molar-refractivity contribution in [2.24, 2.45) is 5.73 Å². The Labute approximate surface area is 117 Å². The molecular formula is C12H17N3O4S. The second-order valence-electron chi connectivity index (χ2n) is 4.81. The molecule has 3 N–H and O–H groups in total. The molecule has 1 aliphatic rings. The zero-order valence-electron chi connectivity index (χ0n) is 10.9. The van der Waals surface area contributed by atoms with E-state index in [0.29, 0.717) is 18.9 Å². The summed E-state index contributed by atoms with van der Waals surface area (Å²) in [6, 6.07) is 2.60. The van der Waals surface area contributed by atoms with Crippen molar-refractivity contribution in [1.82, 2.24) is 4.98 Å². The first kappa shape index (κ1) is 14.7. The molecule has 1 saturated heterocycles. The van der Waals surface area contributed by atoms with E-state index in [0.717, 1.165) is 5.56 Å². The summed E-state index contributed by atoms with van der Waals surface area (Å²) in [7, 11) is -2.91. The predicted molar refractivity (Wildman–Crippen MR) is 74.4 cm³/mol. The molecule has 0 unspecified atom stereocenters. The van der Waals surface area contributed by atoms with Gasteiger partial charge in [0.1, 0.15) is 11.9 Å². The van der Waals surface area contributed by atoms with Crippen LogP contribution in [0.5, 0.6) is 0 Å². The standard InChI is InChI=1S/C12H17N3O4S/c13-10(12(16)17)7-9-1-2-11(14-8-9)15-3-5-20(18,19)6-4-15/h1-2,8,10H,3-7,13H2,(H,16,17)/t10-/m0/s1. The molecule has 1 aromatic rings. The van der Waals surface area contributed by atoms with Crippen molar-refractivity contribution in [2.45, 2.75) is 12.5 Å². The minimum Gasteiger partial charge on any atom is -0.480 e. The normalized spacial score (nSPS) is 19.6. The SMILES string of the molecule is N[C@@H](Cc1ccc(N2CCS(=O)(=O)CC2)nc1)C(=O)O. The summed E-state index contributed by atoms with van der Waals surface area (Å²) >= 11 is 0. The topological polar surface area (TPSA) is 114 Å². The van der Waals surface area contributed by atoms with Gasteiger partial charge in [0.25, 0.3) is 0 Å². The van der Waals surface area contributed by atoms with Crippen molar-refractivity contribution in [3.63, 3.8) is 0 Å². The highest BCUT2D eigenvalue weighted by Gasteiger charge is 2.22. The molecule has 2 rings (SSSR count). The Morgan fingerprint density at radius 1 is 1.40 bits per heavy atom. The third kappa shape index (κ3) is 3.67. The smallest absolute Gasteiger partial charge is 0.320 e. The minimum absolute atomic E-state index is 0.139. The number of hydrogen-bond donors (Lipinski definition) is 2. The fourth-order valence-corrected chi connectivity index (χ4v) is 3.21. The van der Waals surface area contributed by atoms with Crippen LogP contribution in [0.4, 0.5) is 5.82 Å². The second kappa shape index (κ2) is 5.76. The lowest BCUT2D eigenvalue weighted by Gasteiger charge is -2.27. The Bertz CT molecular complexity index is 571. The van der Waals surface area contributed by atoms with Gasteiger partial charge in [-0.2, -0.15) is 0 Å². The van der Waals surface area contributed by atoms with Crippen molar-refractivity contribution in [3.8, 4) is 0 Å². The molecule has 20 heavy (non-hydrogen) atoms. The largest absolute Gasteiger partial charge is 0.480 e. The molecule has 0 aliphatic carbocycles. The summed E-state index contributed by atoms with van der Waals surface area (Å²) < 4.78 is 22.7. The number of carboxylic acids is 1. The van der Waals surface area contributed by atoms with Crippen LogP contribution in [0.15, 0.2) is 18.3 Å². The zero-order valence-corrected chi connectivity index (χ0v) is 11.7. The average Bonchev–Trinajstić information content (AvgIpc) is 2.39. The van der Waals surface area contributed by atoms with Gasteiger partial charge in [0.2, 0.25) is 0 Å². The van der Waals surface area contributed by atoms with Crippen LogP contribution in [-0.2, 0) is 21.1 Å². The quantitative estimate of drug-likeness (QED) is 0.753. The van der Waals surface area contributed by atoms with E-state index in [1.807, 2.05) is 4.90 Å². The molecule has 1 fully saturated rings. The Morgan fingerprint density at radius 2 is 2.05 bits per heavy atom. The Morgan fingerprint density at radius 3 is 2.55 bits per heavy atom. The van der Waals surface area contributed by atoms with E-state index in [2.05, 4.69) is 4.98 Å². The summed E-state index contributed by atoms with van der Waals surface area (Å²) in [6.45, 7) is 0.868. The highest BCUT2D eigenvalue weighted by Crippen LogP contribution is 2.15. The maximum Gasteiger partial charge on any atom is 0.320 e. The van der Waals surface area contributed by atoms with E-state index in [1.54, 1.807) is 18.3 Å². The third-order valence-corrected chi connectivity index (χ3v) is 4.86. The number of sulfone groups is 1. The predicted octanol–water partition coefficient (Wildman–Crippen LogP) is -0.729. The third-order valence-electron chi connectivity index (χ3n) is 3.25. The number of carbonyl (C=O) groups is 1. The van der Waals surface area contributed by atoms with Gasteiger partial charge in [-0.15, -0.1) is 0 Å². The first-order chi connectivity index (χ1) is 9.37. The molecule has 0 aromatic carbocycles. The first-order valence-corrected chi connectivity index (χ1v) is 8.08. The summed E-state index contributed by atoms with van der Waals surface area (Å²) in [4.78, 5) is 16.8. The number of carboxylic acid groups (broad SMARTS) is 1. The van der Waals surface area contributed by atoms with Crippen LogP contribution in [0.3, 0.4) is 0 Å². The van der Waals surface area contributed by atoms with Crippen LogP contribution < -0.4 is 10.6 Å². The number of pyridine rings is 1. The van der Waals surface area contributed by atoms with Crippen LogP contribution >= 0.6 is 0 Å². The van der Waals surface area contributed by atoms with Gasteiger partial charge in [0.15, 0.2) is 9.84 Å². The van der Waals surface area contributed by atoms with E-state index < -0.39 is 21.8 Å². The van der Waals surface area contributed by atoms with Crippen LogP contribution in [-0.4, -0.2) is 55.1 Å². The molecule has 110 valence electrons. The van der Waals surface area contributed by atoms with Gasteiger partial charge in [0, 0.05) is 19.3 Å². The molecule has 2 heterocycles. The first-order valence-electron chi connectivity index (χ1n) is 6.26. The molecule has 0 saturated carbocycles. The van der Waals surface area contributed by atoms with Crippen molar-refractivity contribution in [2.75, 3.05) is 29.5 Å². The lowest BCUT2D eigenvalue weighted by Crippen LogP contribution is -2.40. The summed E-state index contributed by atoms with van der Waals surface area (Å²) in [5.74, 6) is -0.0662. The van der Waals surface area contributed by atoms with E-state index in [4.69, 9.17) is 10.8 Å². The molecule has 1 aromatic heterocycles. The number of nitrogens with two attached hydrogens (primary N) is 1. The molecule has 7 nitrogen and oxygen atoms in total. The number of nitrogens with zero attached hydrogens (tertiary/aromatic N) is 2. The summed E-state index contributed by atoms with van der Waals surface area (Å²) in [6.07, 6.45) is 1.80. The number of aliphatic carboxylic acids is 1. The number of hydrogen-bond acceptors (Lipinski definition) is 6. The van der Waals surface area contributed by atoms with Gasteiger partial charge in [-0.25, -0.2) is 13.4 Å². The molecule has 0 bridgehead atoms. The molecular weight excluding hydrogens is 282 g/mol. The van der Waals surface area contributed by atoms with Crippen molar-refractivity contribution >= 4 is 21.6 Å². The molecule has 0 radical (unpaired) electrons. The minimum atomic E-state index is -2.91. The van der Waals surface area contributed by atoms with Gasteiger partial charge >= 0.3 is 5.97 Å². The Hall–Kier alpha value is -1.67. The molecule has 0 amide bonds. The lowest BCUT2D eigenvalue weighted by molar-refractivity contribution is -0.138. The van der Waals surface area contributed by atoms with E-state index in [1.165, 1.54) is 0 Å². The van der Waals surface area contributed by atoms with Crippen molar-refractivity contribution in [3.05, 3.63) is 23.9 Å². The van der Waals surface area contributed by atoms with Crippen molar-refractivity contribution < 1.29 is 18.3 Å². The van der Waals surface area contributed by atoms with Crippen LogP contribution in [0.2, 0.25) is 0 Å². The van der Waals surface area contributed by atoms with Crippen molar-refractivity contribution in [1.29, 1.82) is 0 Å². The Kier molecular flexibility index (Phi) is 4.24. The van der Waals surface area contributed by atoms with Crippen LogP contribution in [0.25, 0.3) is 0 Å². The van der Waals surface area contributed by atoms with Gasteiger partial charge in [-0.3, -0.25) is 4.79 Å². The summed E-state index contributed by atoms with van der Waals surface area (Å²) in [5, 5.41) is 8.74. The number of anilines is 1. The second-order valence-corrected chi connectivity index (χ2v) is 7.12. The number of aromatic nitrogens is 1. The zero-order chi connectivity index (χ0) is 14.8. The Balaban J connectivity index is 2.00. The molecule has 0 spiro atoms. The van der Waals surface area contributed by atoms with Gasteiger partial charge in [0.05, 0.1) is 11.5 Å². The molecule has 1 atom stereocenters. The maximum absolute atomic E-state index is 11.4. The lowest BCUT2D eigenvalue weighted by atomic mass is 10.1. The fraction of sp³-hybridized carbons (Fsp3) is 0.500. The highest BCUT2D eigenvalue weighted by atomic mass is 32.2. The maximum atomic E-state index is 11.4. The van der Waals surface area contributed by atoms with E-state index >= 15 is 0 Å². The summed E-state index contributed by atoms with van der Waals surface area (Å²) in [5.41, 5.74) is 6.20. The highest BCUT2D eigenvalue weighted by molar-refractivity contribution is 7.91. The molecule has 8 heteroatoms. The van der Waals surface area contributed by atoms with E-state index in [-0.39, 0.29) is 17.9 Å². The fourth-order valence-electron chi connectivity index (χ4n) is 2.01. The van der Waals surface area contributed by atoms with Gasteiger partial charge in [-0.05, 0) is 18.1 Å². The van der Waals surface area contributed by atoms with Crippen LogP contribution in [0.1, 0.15) is 5.56 Å². The number of rotatable bonds is 4. The monoisotopic (exact) mass is 299 g/mol. The average molecular weight is 299 g/mol. The van der Waals surface area contributed by atoms with E-state index in [9.17, 15) is 13.2 Å². The van der Waals surface area contributed by atoms with Gasteiger partial charge in [-0.1, -0.05) is 6.07 Å². The van der Waals surface area contributed by atoms with Gasteiger partial charge < -0.3 is 15.7 Å². The van der Waals surface area contributed by atoms with Crippen LogP contribution in [0, 0.1) is 0 Å². The molecule has 1 aliphatic heterocycles.